The van der Waals surface area contributed by atoms with Gasteiger partial charge in [0.25, 0.3) is 0 Å². The standard InChI is InChI=1S/C16H19FN4O2S/c1-11-19-13(10-16(18-2)20-11)14-7-5-9-21(14)24(22,23)15-8-4-3-6-12(15)17/h3-4,6,8,10,14H,5,7,9H2,1-2H3,(H,18,19,20)/t14-/m1/s1. The largest absolute Gasteiger partial charge is 0.373 e. The van der Waals surface area contributed by atoms with Gasteiger partial charge >= 0.3 is 0 Å². The van der Waals surface area contributed by atoms with Crippen molar-refractivity contribution < 1.29 is 12.8 Å². The van der Waals surface area contributed by atoms with Crippen molar-refractivity contribution in [3.05, 3.63) is 47.7 Å². The van der Waals surface area contributed by atoms with Gasteiger partial charge in [0.15, 0.2) is 0 Å². The third-order valence-corrected chi connectivity index (χ3v) is 6.02. The third kappa shape index (κ3) is 2.99. The molecule has 2 aromatic rings. The highest BCUT2D eigenvalue weighted by molar-refractivity contribution is 7.89. The summed E-state index contributed by atoms with van der Waals surface area (Å²) < 4.78 is 41.2. The van der Waals surface area contributed by atoms with E-state index in [0.29, 0.717) is 36.7 Å². The zero-order valence-electron chi connectivity index (χ0n) is 13.5. The third-order valence-electron chi connectivity index (χ3n) is 4.08. The van der Waals surface area contributed by atoms with E-state index in [1.54, 1.807) is 20.0 Å². The minimum Gasteiger partial charge on any atom is -0.373 e. The highest BCUT2D eigenvalue weighted by atomic mass is 32.2. The summed E-state index contributed by atoms with van der Waals surface area (Å²) in [6, 6.07) is 6.78. The highest BCUT2D eigenvalue weighted by Gasteiger charge is 2.38. The predicted octanol–water partition coefficient (Wildman–Crippen LogP) is 2.49. The van der Waals surface area contributed by atoms with Gasteiger partial charge in [0.05, 0.1) is 11.7 Å². The molecule has 0 spiro atoms. The van der Waals surface area contributed by atoms with Crippen LogP contribution in [0, 0.1) is 12.7 Å². The van der Waals surface area contributed by atoms with E-state index >= 15 is 0 Å². The van der Waals surface area contributed by atoms with Gasteiger partial charge in [-0.25, -0.2) is 22.8 Å². The Labute approximate surface area is 140 Å². The molecule has 0 aliphatic carbocycles. The lowest BCUT2D eigenvalue weighted by molar-refractivity contribution is 0.387. The molecule has 128 valence electrons. The number of hydrogen-bond donors (Lipinski definition) is 1. The molecule has 1 aliphatic heterocycles. The number of sulfonamides is 1. The Kier molecular flexibility index (Phi) is 4.51. The van der Waals surface area contributed by atoms with Crippen molar-refractivity contribution in [1.29, 1.82) is 0 Å². The Hall–Kier alpha value is -2.06. The van der Waals surface area contributed by atoms with Crippen LogP contribution in [0.4, 0.5) is 10.2 Å². The number of rotatable bonds is 4. The summed E-state index contributed by atoms with van der Waals surface area (Å²) in [6.45, 7) is 2.11. The van der Waals surface area contributed by atoms with Gasteiger partial charge in [-0.2, -0.15) is 4.31 Å². The average molecular weight is 350 g/mol. The van der Waals surface area contributed by atoms with E-state index in [0.717, 1.165) is 6.07 Å². The second kappa shape index (κ2) is 6.45. The first-order valence-corrected chi connectivity index (χ1v) is 9.17. The maximum Gasteiger partial charge on any atom is 0.246 e. The summed E-state index contributed by atoms with van der Waals surface area (Å²) in [6.07, 6.45) is 1.35. The van der Waals surface area contributed by atoms with Crippen molar-refractivity contribution >= 4 is 15.8 Å². The minimum atomic E-state index is -3.92. The number of nitrogens with one attached hydrogen (secondary N) is 1. The summed E-state index contributed by atoms with van der Waals surface area (Å²) in [5, 5.41) is 2.95. The number of aryl methyl sites for hydroxylation is 1. The van der Waals surface area contributed by atoms with Gasteiger partial charge in [0, 0.05) is 19.7 Å². The molecule has 1 atom stereocenters. The molecule has 0 saturated carbocycles. The summed E-state index contributed by atoms with van der Waals surface area (Å²) >= 11 is 0. The van der Waals surface area contributed by atoms with E-state index in [9.17, 15) is 12.8 Å². The fraction of sp³-hybridized carbons (Fsp3) is 0.375. The van der Waals surface area contributed by atoms with E-state index in [4.69, 9.17) is 0 Å². The van der Waals surface area contributed by atoms with Crippen LogP contribution in [0.3, 0.4) is 0 Å². The van der Waals surface area contributed by atoms with Crippen LogP contribution in [0.15, 0.2) is 35.2 Å². The van der Waals surface area contributed by atoms with Gasteiger partial charge in [-0.1, -0.05) is 12.1 Å². The second-order valence-corrected chi connectivity index (χ2v) is 7.54. The molecule has 0 amide bonds. The maximum absolute atomic E-state index is 14.0. The number of hydrogen-bond acceptors (Lipinski definition) is 5. The molecule has 24 heavy (non-hydrogen) atoms. The topological polar surface area (TPSA) is 75.2 Å². The summed E-state index contributed by atoms with van der Waals surface area (Å²) in [7, 11) is -2.18. The molecule has 3 rings (SSSR count). The van der Waals surface area contributed by atoms with Crippen molar-refractivity contribution in [3.63, 3.8) is 0 Å². The van der Waals surface area contributed by atoms with E-state index < -0.39 is 21.9 Å². The lowest BCUT2D eigenvalue weighted by Crippen LogP contribution is -2.32. The maximum atomic E-state index is 14.0. The van der Waals surface area contributed by atoms with Crippen molar-refractivity contribution in [3.8, 4) is 0 Å². The molecule has 0 radical (unpaired) electrons. The Morgan fingerprint density at radius 2 is 2.04 bits per heavy atom. The van der Waals surface area contributed by atoms with Crippen LogP contribution in [0.2, 0.25) is 0 Å². The van der Waals surface area contributed by atoms with Crippen molar-refractivity contribution in [1.82, 2.24) is 14.3 Å². The first-order valence-electron chi connectivity index (χ1n) is 7.73. The molecule has 1 aliphatic rings. The lowest BCUT2D eigenvalue weighted by Gasteiger charge is -2.24. The molecule has 2 heterocycles. The predicted molar refractivity (Wildman–Crippen MR) is 88.6 cm³/mol. The van der Waals surface area contributed by atoms with Gasteiger partial charge in [-0.05, 0) is 31.9 Å². The Morgan fingerprint density at radius 1 is 1.29 bits per heavy atom. The number of halogens is 1. The van der Waals surface area contributed by atoms with Gasteiger partial charge < -0.3 is 5.32 Å². The van der Waals surface area contributed by atoms with E-state index in [1.165, 1.54) is 22.5 Å². The first kappa shape index (κ1) is 16.8. The Morgan fingerprint density at radius 3 is 2.75 bits per heavy atom. The SMILES string of the molecule is CNc1cc([C@H]2CCCN2S(=O)(=O)c2ccccc2F)nc(C)n1. The molecular formula is C16H19FN4O2S. The molecule has 6 nitrogen and oxygen atoms in total. The normalized spacial score (nSPS) is 18.7. The zero-order valence-corrected chi connectivity index (χ0v) is 14.3. The molecule has 1 aromatic heterocycles. The fourth-order valence-corrected chi connectivity index (χ4v) is 4.73. The van der Waals surface area contributed by atoms with Gasteiger partial charge in [-0.3, -0.25) is 0 Å². The molecule has 1 N–H and O–H groups in total. The Bertz CT molecular complexity index is 857. The van der Waals surface area contributed by atoms with Crippen LogP contribution in [0.5, 0.6) is 0 Å². The van der Waals surface area contributed by atoms with E-state index in [1.807, 2.05) is 0 Å². The average Bonchev–Trinajstić information content (AvgIpc) is 3.05. The zero-order chi connectivity index (χ0) is 17.3. The highest BCUT2D eigenvalue weighted by Crippen LogP contribution is 2.36. The van der Waals surface area contributed by atoms with E-state index in [-0.39, 0.29) is 4.90 Å². The second-order valence-electron chi connectivity index (χ2n) is 5.68. The van der Waals surface area contributed by atoms with Gasteiger partial charge in [0.1, 0.15) is 22.4 Å². The summed E-state index contributed by atoms with van der Waals surface area (Å²) in [5.74, 6) is 0.456. The first-order chi connectivity index (χ1) is 11.4. The quantitative estimate of drug-likeness (QED) is 0.917. The number of nitrogens with zero attached hydrogens (tertiary/aromatic N) is 3. The molecule has 1 aromatic carbocycles. The summed E-state index contributed by atoms with van der Waals surface area (Å²) in [4.78, 5) is 8.33. The van der Waals surface area contributed by atoms with Crippen LogP contribution in [0.1, 0.15) is 30.4 Å². The molecule has 0 bridgehead atoms. The minimum absolute atomic E-state index is 0.295. The van der Waals surface area contributed by atoms with Crippen molar-refractivity contribution in [2.45, 2.75) is 30.7 Å². The van der Waals surface area contributed by atoms with Crippen molar-refractivity contribution in [2.24, 2.45) is 0 Å². The Balaban J connectivity index is 2.02. The number of anilines is 1. The number of benzene rings is 1. The molecule has 8 heteroatoms. The van der Waals surface area contributed by atoms with Gasteiger partial charge in [0.2, 0.25) is 10.0 Å². The lowest BCUT2D eigenvalue weighted by atomic mass is 10.1. The number of aromatic nitrogens is 2. The van der Waals surface area contributed by atoms with Crippen LogP contribution in [-0.4, -0.2) is 36.3 Å². The van der Waals surface area contributed by atoms with Crippen LogP contribution in [0.25, 0.3) is 0 Å². The monoisotopic (exact) mass is 350 g/mol. The van der Waals surface area contributed by atoms with Gasteiger partial charge in [-0.15, -0.1) is 0 Å². The fourth-order valence-electron chi connectivity index (χ4n) is 2.99. The molecule has 0 unspecified atom stereocenters. The smallest absolute Gasteiger partial charge is 0.246 e. The van der Waals surface area contributed by atoms with Crippen LogP contribution in [-0.2, 0) is 10.0 Å². The van der Waals surface area contributed by atoms with Crippen LogP contribution >= 0.6 is 0 Å². The van der Waals surface area contributed by atoms with E-state index in [2.05, 4.69) is 15.3 Å². The van der Waals surface area contributed by atoms with Crippen molar-refractivity contribution in [2.75, 3.05) is 18.9 Å². The van der Waals surface area contributed by atoms with Crippen LogP contribution < -0.4 is 5.32 Å². The molecule has 1 saturated heterocycles. The molecule has 1 fully saturated rings. The summed E-state index contributed by atoms with van der Waals surface area (Å²) in [5.41, 5.74) is 0.629. The molecular weight excluding hydrogens is 331 g/mol.